The van der Waals surface area contributed by atoms with Gasteiger partial charge in [-0.05, 0) is 128 Å². The van der Waals surface area contributed by atoms with E-state index in [1.165, 1.54) is 96.3 Å². The van der Waals surface area contributed by atoms with E-state index in [-0.39, 0.29) is 37.5 Å². The van der Waals surface area contributed by atoms with Gasteiger partial charge in [-0.1, -0.05) is 238 Å². The summed E-state index contributed by atoms with van der Waals surface area (Å²) >= 11 is 0. The maximum atomic E-state index is 12.9. The Bertz CT molecular complexity index is 1580. The molecule has 0 heterocycles. The first-order chi connectivity index (χ1) is 36.0. The summed E-state index contributed by atoms with van der Waals surface area (Å²) < 4.78 is 16.8. The minimum Gasteiger partial charge on any atom is -0.462 e. The van der Waals surface area contributed by atoms with Crippen molar-refractivity contribution in [2.24, 2.45) is 0 Å². The third-order valence-corrected chi connectivity index (χ3v) is 12.1. The van der Waals surface area contributed by atoms with Gasteiger partial charge < -0.3 is 14.2 Å². The van der Waals surface area contributed by atoms with Crippen LogP contribution in [-0.2, 0) is 28.6 Å². The molecule has 0 saturated carbocycles. The predicted octanol–water partition coefficient (Wildman–Crippen LogP) is 20.2. The van der Waals surface area contributed by atoms with Gasteiger partial charge in [0.2, 0.25) is 0 Å². The molecule has 0 aliphatic heterocycles. The Kier molecular flexibility index (Phi) is 56.4. The summed E-state index contributed by atoms with van der Waals surface area (Å²) in [5.74, 6) is -1.03. The molecular weight excluding hydrogens is 901 g/mol. The van der Waals surface area contributed by atoms with E-state index in [1.807, 2.05) is 6.08 Å². The highest BCUT2D eigenvalue weighted by atomic mass is 16.6. The second-order valence-electron chi connectivity index (χ2n) is 19.2. The van der Waals surface area contributed by atoms with Crippen LogP contribution < -0.4 is 0 Å². The fourth-order valence-electron chi connectivity index (χ4n) is 7.68. The number of ether oxygens (including phenoxy) is 3. The standard InChI is InChI=1S/C67H108O6/c1-4-7-10-13-16-19-22-25-28-31-33-36-39-42-45-48-51-54-57-60-66(69)72-63-64(62-71-65(68)59-56-53-50-47-44-41-38-35-30-27-24-21-18-15-12-9-6-3)73-67(70)61-58-55-52-49-46-43-40-37-34-32-29-26-23-20-17-14-11-8-5-2/h7,10,16-21,25-30,33,36,38,41-42,45,51,54,64H,4-6,8-9,11-15,22-24,31-32,34-35,37,39-40,43-44,46-50,52-53,55-63H2,1-3H3/b10-7+,19-16+,20-17+,21-18+,28-25+,29-26+,30-27+,36-33+,41-38+,45-42+,54-51+/t64-/m1/s1. The molecule has 73 heavy (non-hydrogen) atoms. The lowest BCUT2D eigenvalue weighted by atomic mass is 10.1. The summed E-state index contributed by atoms with van der Waals surface area (Å²) in [6.45, 7) is 6.38. The fourth-order valence-corrected chi connectivity index (χ4v) is 7.68. The lowest BCUT2D eigenvalue weighted by molar-refractivity contribution is -0.166. The van der Waals surface area contributed by atoms with E-state index in [0.29, 0.717) is 19.3 Å². The summed E-state index contributed by atoms with van der Waals surface area (Å²) in [6.07, 6.45) is 84.5. The molecule has 0 bridgehead atoms. The van der Waals surface area contributed by atoms with Gasteiger partial charge in [0.15, 0.2) is 6.10 Å². The number of hydrogen-bond acceptors (Lipinski definition) is 6. The third kappa shape index (κ3) is 58.3. The molecule has 0 aliphatic rings. The Hall–Kier alpha value is -4.45. The van der Waals surface area contributed by atoms with Gasteiger partial charge in [0.1, 0.15) is 13.2 Å². The molecule has 0 aromatic rings. The van der Waals surface area contributed by atoms with Crippen LogP contribution in [0.5, 0.6) is 0 Å². The molecule has 0 aromatic heterocycles. The zero-order valence-corrected chi connectivity index (χ0v) is 47.1. The van der Waals surface area contributed by atoms with Crippen LogP contribution in [0, 0.1) is 0 Å². The van der Waals surface area contributed by atoms with E-state index in [9.17, 15) is 14.4 Å². The van der Waals surface area contributed by atoms with Gasteiger partial charge in [-0.3, -0.25) is 14.4 Å². The van der Waals surface area contributed by atoms with Gasteiger partial charge in [-0.25, -0.2) is 0 Å². The molecule has 1 atom stereocenters. The first kappa shape index (κ1) is 68.6. The SMILES string of the molecule is CC/C=C/C/C=C/C/C=C/C/C=C/C/C=C/C/C=C/CCC(=O)OC[C@@H](COC(=O)CCCCCC/C=C/C/C=C/C/C=C/CCCCC)OC(=O)CCCCCCCCCCC/C=C/C/C=C/CCCCC. The first-order valence-electron chi connectivity index (χ1n) is 29.7. The highest BCUT2D eigenvalue weighted by Gasteiger charge is 2.19. The van der Waals surface area contributed by atoms with Gasteiger partial charge >= 0.3 is 17.9 Å². The number of hydrogen-bond donors (Lipinski definition) is 0. The van der Waals surface area contributed by atoms with Gasteiger partial charge in [-0.15, -0.1) is 0 Å². The largest absolute Gasteiger partial charge is 0.462 e. The van der Waals surface area contributed by atoms with Crippen molar-refractivity contribution < 1.29 is 28.6 Å². The zero-order valence-electron chi connectivity index (χ0n) is 47.1. The van der Waals surface area contributed by atoms with E-state index in [0.717, 1.165) is 109 Å². The van der Waals surface area contributed by atoms with Crippen LogP contribution in [0.2, 0.25) is 0 Å². The van der Waals surface area contributed by atoms with Crippen LogP contribution in [0.3, 0.4) is 0 Å². The van der Waals surface area contributed by atoms with Crippen molar-refractivity contribution >= 4 is 17.9 Å². The fraction of sp³-hybridized carbons (Fsp3) is 0.627. The summed E-state index contributed by atoms with van der Waals surface area (Å²) in [6, 6.07) is 0. The molecule has 0 N–H and O–H groups in total. The molecule has 412 valence electrons. The van der Waals surface area contributed by atoms with Crippen LogP contribution >= 0.6 is 0 Å². The Morgan fingerprint density at radius 3 is 0.918 bits per heavy atom. The maximum Gasteiger partial charge on any atom is 0.306 e. The van der Waals surface area contributed by atoms with Crippen molar-refractivity contribution in [3.8, 4) is 0 Å². The Balaban J connectivity index is 4.56. The molecule has 0 aromatic carbocycles. The van der Waals surface area contributed by atoms with E-state index in [2.05, 4.69) is 148 Å². The van der Waals surface area contributed by atoms with E-state index in [4.69, 9.17) is 14.2 Å². The molecular formula is C67H108O6. The van der Waals surface area contributed by atoms with Gasteiger partial charge in [0.25, 0.3) is 0 Å². The molecule has 0 rings (SSSR count). The van der Waals surface area contributed by atoms with Crippen molar-refractivity contribution in [1.29, 1.82) is 0 Å². The molecule has 0 fully saturated rings. The van der Waals surface area contributed by atoms with E-state index >= 15 is 0 Å². The molecule has 0 unspecified atom stereocenters. The smallest absolute Gasteiger partial charge is 0.306 e. The molecule has 0 amide bonds. The van der Waals surface area contributed by atoms with Crippen LogP contribution in [0.4, 0.5) is 0 Å². The van der Waals surface area contributed by atoms with Crippen LogP contribution in [0.1, 0.15) is 252 Å². The van der Waals surface area contributed by atoms with Crippen molar-refractivity contribution in [1.82, 2.24) is 0 Å². The zero-order chi connectivity index (χ0) is 52.9. The number of carbonyl (C=O) groups excluding carboxylic acids is 3. The Morgan fingerprint density at radius 2 is 0.562 bits per heavy atom. The van der Waals surface area contributed by atoms with Crippen LogP contribution in [-0.4, -0.2) is 37.2 Å². The van der Waals surface area contributed by atoms with Crippen molar-refractivity contribution in [2.75, 3.05) is 13.2 Å². The lowest BCUT2D eigenvalue weighted by Crippen LogP contribution is -2.30. The number of esters is 3. The second-order valence-corrected chi connectivity index (χ2v) is 19.2. The maximum absolute atomic E-state index is 12.9. The molecule has 0 spiro atoms. The minimum atomic E-state index is -0.826. The Labute approximate surface area is 449 Å². The van der Waals surface area contributed by atoms with Gasteiger partial charge in [0, 0.05) is 19.3 Å². The number of rotatable bonds is 52. The monoisotopic (exact) mass is 1010 g/mol. The molecule has 0 radical (unpaired) electrons. The molecule has 6 nitrogen and oxygen atoms in total. The second kappa shape index (κ2) is 60.1. The van der Waals surface area contributed by atoms with Crippen LogP contribution in [0.25, 0.3) is 0 Å². The Morgan fingerprint density at radius 1 is 0.288 bits per heavy atom. The first-order valence-corrected chi connectivity index (χ1v) is 29.7. The molecule has 0 aliphatic carbocycles. The van der Waals surface area contributed by atoms with Gasteiger partial charge in [0.05, 0.1) is 0 Å². The third-order valence-electron chi connectivity index (χ3n) is 12.1. The van der Waals surface area contributed by atoms with Crippen molar-refractivity contribution in [3.63, 3.8) is 0 Å². The number of carbonyl (C=O) groups is 3. The average Bonchev–Trinajstić information content (AvgIpc) is 3.39. The minimum absolute atomic E-state index is 0.119. The average molecular weight is 1010 g/mol. The molecule has 6 heteroatoms. The summed E-state index contributed by atoms with van der Waals surface area (Å²) in [5, 5.41) is 0. The van der Waals surface area contributed by atoms with Crippen LogP contribution in [0.15, 0.2) is 134 Å². The normalized spacial score (nSPS) is 13.1. The quantitative estimate of drug-likeness (QED) is 0.0261. The van der Waals surface area contributed by atoms with Crippen molar-refractivity contribution in [3.05, 3.63) is 134 Å². The molecule has 0 saturated heterocycles. The lowest BCUT2D eigenvalue weighted by Gasteiger charge is -2.18. The van der Waals surface area contributed by atoms with Gasteiger partial charge in [-0.2, -0.15) is 0 Å². The van der Waals surface area contributed by atoms with E-state index < -0.39 is 6.10 Å². The summed E-state index contributed by atoms with van der Waals surface area (Å²) in [5.41, 5.74) is 0. The van der Waals surface area contributed by atoms with E-state index in [1.54, 1.807) is 0 Å². The highest BCUT2D eigenvalue weighted by molar-refractivity contribution is 5.71. The topological polar surface area (TPSA) is 78.9 Å². The summed E-state index contributed by atoms with van der Waals surface area (Å²) in [7, 11) is 0. The highest BCUT2D eigenvalue weighted by Crippen LogP contribution is 2.14. The predicted molar refractivity (Wildman–Crippen MR) is 316 cm³/mol. The summed E-state index contributed by atoms with van der Waals surface area (Å²) in [4.78, 5) is 38.2. The number of unbranched alkanes of at least 4 members (excludes halogenated alkanes) is 19. The number of allylic oxidation sites excluding steroid dienone is 22. The van der Waals surface area contributed by atoms with Crippen molar-refractivity contribution in [2.45, 2.75) is 258 Å².